The van der Waals surface area contributed by atoms with Crippen molar-refractivity contribution in [2.45, 2.75) is 34.3 Å². The van der Waals surface area contributed by atoms with Gasteiger partial charge in [0.1, 0.15) is 6.61 Å². The van der Waals surface area contributed by atoms with Gasteiger partial charge in [-0.1, -0.05) is 42.5 Å². The van der Waals surface area contributed by atoms with Crippen molar-refractivity contribution in [1.82, 2.24) is 0 Å². The number of amidine groups is 1. The van der Waals surface area contributed by atoms with Crippen LogP contribution in [0.1, 0.15) is 33.4 Å². The standard InChI is InChI=1S/C34H31IN2O3S/c1-21-11-22(2)14-27(13-21)36-34-37(28-15-23(3)12-24(4)16-28)33(38)31(41-34)19-26-17-29(35)32(30(18-26)39-5)40-20-25-9-7-6-8-10-25/h6-19H,20H2,1-5H3/b31-19-,36-34?. The second kappa shape index (κ2) is 12.5. The van der Waals surface area contributed by atoms with Gasteiger partial charge in [-0.2, -0.15) is 0 Å². The molecule has 4 aromatic rings. The molecule has 7 heteroatoms. The van der Waals surface area contributed by atoms with Gasteiger partial charge in [0.25, 0.3) is 5.91 Å². The van der Waals surface area contributed by atoms with E-state index in [9.17, 15) is 4.79 Å². The first-order chi connectivity index (χ1) is 19.7. The molecule has 0 aliphatic carbocycles. The molecule has 4 aromatic carbocycles. The van der Waals surface area contributed by atoms with Crippen molar-refractivity contribution in [3.05, 3.63) is 121 Å². The number of hydrogen-bond acceptors (Lipinski definition) is 5. The monoisotopic (exact) mass is 674 g/mol. The summed E-state index contributed by atoms with van der Waals surface area (Å²) in [6, 6.07) is 26.3. The first-order valence-electron chi connectivity index (χ1n) is 13.2. The lowest BCUT2D eigenvalue weighted by molar-refractivity contribution is -0.113. The lowest BCUT2D eigenvalue weighted by Gasteiger charge is -2.17. The summed E-state index contributed by atoms with van der Waals surface area (Å²) >= 11 is 3.63. The Morgan fingerprint density at radius 1 is 0.878 bits per heavy atom. The number of amides is 1. The van der Waals surface area contributed by atoms with Gasteiger partial charge in [-0.3, -0.25) is 9.69 Å². The molecule has 0 unspecified atom stereocenters. The molecule has 5 rings (SSSR count). The van der Waals surface area contributed by atoms with Gasteiger partial charge >= 0.3 is 0 Å². The molecule has 1 saturated heterocycles. The average Bonchev–Trinajstić information content (AvgIpc) is 3.21. The predicted molar refractivity (Wildman–Crippen MR) is 178 cm³/mol. The zero-order valence-electron chi connectivity index (χ0n) is 23.7. The maximum atomic E-state index is 13.9. The quantitative estimate of drug-likeness (QED) is 0.145. The summed E-state index contributed by atoms with van der Waals surface area (Å²) in [6.45, 7) is 8.62. The average molecular weight is 675 g/mol. The molecule has 41 heavy (non-hydrogen) atoms. The lowest BCUT2D eigenvalue weighted by atomic mass is 10.1. The van der Waals surface area contributed by atoms with E-state index < -0.39 is 0 Å². The molecule has 5 nitrogen and oxygen atoms in total. The van der Waals surface area contributed by atoms with Crippen LogP contribution in [-0.4, -0.2) is 18.2 Å². The molecule has 0 N–H and O–H groups in total. The van der Waals surface area contributed by atoms with Crippen LogP contribution >= 0.6 is 34.4 Å². The number of carbonyl (C=O) groups excluding carboxylic acids is 1. The van der Waals surface area contributed by atoms with E-state index in [4.69, 9.17) is 14.5 Å². The Balaban J connectivity index is 1.52. The Morgan fingerprint density at radius 2 is 1.51 bits per heavy atom. The van der Waals surface area contributed by atoms with E-state index in [2.05, 4.69) is 48.6 Å². The van der Waals surface area contributed by atoms with Gasteiger partial charge in [-0.05, 0) is 138 Å². The van der Waals surface area contributed by atoms with Crippen molar-refractivity contribution < 1.29 is 14.3 Å². The Bertz CT molecular complexity index is 1640. The number of rotatable bonds is 7. The minimum atomic E-state index is -0.110. The molecule has 1 amide bonds. The van der Waals surface area contributed by atoms with E-state index in [0.29, 0.717) is 28.2 Å². The van der Waals surface area contributed by atoms with Crippen molar-refractivity contribution in [1.29, 1.82) is 0 Å². The SMILES string of the molecule is COc1cc(/C=C2\SC(=Nc3cc(C)cc(C)c3)N(c3cc(C)cc(C)c3)C2=O)cc(I)c1OCc1ccccc1. The molecule has 1 heterocycles. The van der Waals surface area contributed by atoms with Gasteiger partial charge in [0.2, 0.25) is 0 Å². The number of aliphatic imine (C=N–C) groups is 1. The van der Waals surface area contributed by atoms with E-state index in [-0.39, 0.29) is 5.91 Å². The van der Waals surface area contributed by atoms with Gasteiger partial charge in [-0.25, -0.2) is 4.99 Å². The fraction of sp³-hybridized carbons (Fsp3) is 0.176. The minimum absolute atomic E-state index is 0.110. The Hall–Kier alpha value is -3.56. The number of thioether (sulfide) groups is 1. The van der Waals surface area contributed by atoms with Crippen LogP contribution in [0, 0.1) is 31.3 Å². The molecule has 0 bridgehead atoms. The van der Waals surface area contributed by atoms with Crippen molar-refractivity contribution >= 4 is 62.9 Å². The van der Waals surface area contributed by atoms with Crippen LogP contribution in [-0.2, 0) is 11.4 Å². The van der Waals surface area contributed by atoms with Gasteiger partial charge in [0, 0.05) is 0 Å². The van der Waals surface area contributed by atoms with Gasteiger partial charge in [-0.15, -0.1) is 0 Å². The zero-order valence-corrected chi connectivity index (χ0v) is 26.7. The second-order valence-corrected chi connectivity index (χ2v) is 12.3. The first kappa shape index (κ1) is 29.0. The van der Waals surface area contributed by atoms with Crippen molar-refractivity contribution in [3.8, 4) is 11.5 Å². The maximum Gasteiger partial charge on any atom is 0.271 e. The minimum Gasteiger partial charge on any atom is -0.493 e. The molecule has 0 atom stereocenters. The van der Waals surface area contributed by atoms with E-state index in [1.165, 1.54) is 11.8 Å². The Labute approximate surface area is 259 Å². The normalized spacial score (nSPS) is 15.2. The molecular weight excluding hydrogens is 643 g/mol. The highest BCUT2D eigenvalue weighted by Crippen LogP contribution is 2.40. The lowest BCUT2D eigenvalue weighted by Crippen LogP contribution is -2.28. The highest BCUT2D eigenvalue weighted by molar-refractivity contribution is 14.1. The Morgan fingerprint density at radius 3 is 2.15 bits per heavy atom. The summed E-state index contributed by atoms with van der Waals surface area (Å²) < 4.78 is 12.7. The van der Waals surface area contributed by atoms with Gasteiger partial charge in [0.15, 0.2) is 16.7 Å². The van der Waals surface area contributed by atoms with Crippen molar-refractivity contribution in [2.75, 3.05) is 12.0 Å². The topological polar surface area (TPSA) is 51.1 Å². The predicted octanol–water partition coefficient (Wildman–Crippen LogP) is 8.92. The van der Waals surface area contributed by atoms with Crippen molar-refractivity contribution in [3.63, 3.8) is 0 Å². The van der Waals surface area contributed by atoms with Crippen LogP contribution in [0.3, 0.4) is 0 Å². The van der Waals surface area contributed by atoms with Crippen LogP contribution in [0.2, 0.25) is 0 Å². The summed E-state index contributed by atoms with van der Waals surface area (Å²) in [5, 5.41) is 0.626. The summed E-state index contributed by atoms with van der Waals surface area (Å²) in [7, 11) is 1.63. The summed E-state index contributed by atoms with van der Waals surface area (Å²) in [5.74, 6) is 1.19. The molecule has 0 saturated carbocycles. The van der Waals surface area contributed by atoms with Gasteiger partial charge < -0.3 is 9.47 Å². The summed E-state index contributed by atoms with van der Waals surface area (Å²) in [4.78, 5) is 21.2. The Kier molecular flexibility index (Phi) is 8.85. The number of hydrogen-bond donors (Lipinski definition) is 0. The molecule has 1 aliphatic heterocycles. The second-order valence-electron chi connectivity index (χ2n) is 10.1. The smallest absolute Gasteiger partial charge is 0.271 e. The number of anilines is 1. The number of nitrogens with zero attached hydrogens (tertiary/aromatic N) is 2. The molecule has 0 aromatic heterocycles. The number of ether oxygens (including phenoxy) is 2. The largest absolute Gasteiger partial charge is 0.493 e. The third-order valence-electron chi connectivity index (χ3n) is 6.48. The van der Waals surface area contributed by atoms with Crippen LogP contribution < -0.4 is 14.4 Å². The number of carbonyl (C=O) groups is 1. The molecule has 1 aliphatic rings. The fourth-order valence-corrected chi connectivity index (χ4v) is 6.61. The molecule has 0 spiro atoms. The van der Waals surface area contributed by atoms with E-state index in [1.54, 1.807) is 12.0 Å². The maximum absolute atomic E-state index is 13.9. The van der Waals surface area contributed by atoms with Crippen LogP contribution in [0.5, 0.6) is 11.5 Å². The third kappa shape index (κ3) is 6.85. The third-order valence-corrected chi connectivity index (χ3v) is 8.25. The highest BCUT2D eigenvalue weighted by atomic mass is 127. The number of halogens is 1. The van der Waals surface area contributed by atoms with Gasteiger partial charge in [0.05, 0.1) is 27.0 Å². The highest BCUT2D eigenvalue weighted by Gasteiger charge is 2.35. The molecule has 0 radical (unpaired) electrons. The van der Waals surface area contributed by atoms with Crippen LogP contribution in [0.15, 0.2) is 88.8 Å². The fourth-order valence-electron chi connectivity index (χ4n) is 4.83. The molecule has 1 fully saturated rings. The number of benzene rings is 4. The number of methoxy groups -OCH3 is 1. The van der Waals surface area contributed by atoms with E-state index in [0.717, 1.165) is 48.3 Å². The molecule has 208 valence electrons. The first-order valence-corrected chi connectivity index (χ1v) is 15.1. The molecular formula is C34H31IN2O3S. The van der Waals surface area contributed by atoms with Crippen LogP contribution in [0.4, 0.5) is 11.4 Å². The summed E-state index contributed by atoms with van der Waals surface area (Å²) in [5.41, 5.74) is 7.99. The van der Waals surface area contributed by atoms with E-state index in [1.807, 2.05) is 86.7 Å². The van der Waals surface area contributed by atoms with E-state index >= 15 is 0 Å². The van der Waals surface area contributed by atoms with Crippen LogP contribution in [0.25, 0.3) is 6.08 Å². The summed E-state index contributed by atoms with van der Waals surface area (Å²) in [6.07, 6.45) is 1.90. The zero-order chi connectivity index (χ0) is 29.1. The van der Waals surface area contributed by atoms with Crippen molar-refractivity contribution in [2.24, 2.45) is 4.99 Å². The number of aryl methyl sites for hydroxylation is 4.